The molecule has 2 aromatic rings. The molecule has 5 heteroatoms. The van der Waals surface area contributed by atoms with Crippen LogP contribution in [0.4, 0.5) is 8.78 Å². The van der Waals surface area contributed by atoms with Gasteiger partial charge in [-0.15, -0.1) is 5.16 Å². The van der Waals surface area contributed by atoms with E-state index in [9.17, 15) is 8.78 Å². The Balaban J connectivity index is 2.43. The number of nitrogens with zero attached hydrogens (tertiary/aromatic N) is 1. The summed E-state index contributed by atoms with van der Waals surface area (Å²) >= 11 is 0. The second-order valence-electron chi connectivity index (χ2n) is 5.66. The topological polar surface area (TPSA) is 21.6 Å². The summed E-state index contributed by atoms with van der Waals surface area (Å²) in [6.07, 6.45) is 0. The lowest BCUT2D eigenvalue weighted by atomic mass is 10.0. The van der Waals surface area contributed by atoms with Crippen molar-refractivity contribution in [3.05, 3.63) is 71.3 Å². The molecule has 0 aromatic heterocycles. The van der Waals surface area contributed by atoms with E-state index in [4.69, 9.17) is 4.53 Å². The summed E-state index contributed by atoms with van der Waals surface area (Å²) < 4.78 is 31.7. The highest BCUT2D eigenvalue weighted by atomic mass is 28.4. The minimum Gasteiger partial charge on any atom is -0.455 e. The lowest BCUT2D eigenvalue weighted by molar-refractivity contribution is 0.336. The van der Waals surface area contributed by atoms with E-state index in [0.29, 0.717) is 5.71 Å². The average Bonchev–Trinajstić information content (AvgIpc) is 2.41. The summed E-state index contributed by atoms with van der Waals surface area (Å²) in [5, 5.41) is 4.23. The quantitative estimate of drug-likeness (QED) is 0.461. The largest absolute Gasteiger partial charge is 0.455 e. The fraction of sp³-hybridized carbons (Fsp3) is 0.188. The maximum Gasteiger partial charge on any atom is 0.278 e. The predicted octanol–water partition coefficient (Wildman–Crippen LogP) is 4.57. The monoisotopic (exact) mass is 305 g/mol. The molecule has 2 aromatic carbocycles. The summed E-state index contributed by atoms with van der Waals surface area (Å²) in [5.41, 5.74) is 2.01. The van der Waals surface area contributed by atoms with Crippen molar-refractivity contribution >= 4 is 14.0 Å². The van der Waals surface area contributed by atoms with Gasteiger partial charge in [0.15, 0.2) is 0 Å². The average molecular weight is 305 g/mol. The van der Waals surface area contributed by atoms with Gasteiger partial charge in [0.05, 0.1) is 0 Å². The summed E-state index contributed by atoms with van der Waals surface area (Å²) in [7, 11) is -1.84. The second-order valence-corrected chi connectivity index (χ2v) is 10.1. The zero-order valence-corrected chi connectivity index (χ0v) is 13.2. The highest BCUT2D eigenvalue weighted by Crippen LogP contribution is 2.15. The number of halogens is 2. The van der Waals surface area contributed by atoms with Crippen LogP contribution in [0, 0.1) is 11.6 Å². The molecule has 0 atom stereocenters. The van der Waals surface area contributed by atoms with Crippen molar-refractivity contribution in [2.45, 2.75) is 19.6 Å². The maximum absolute atomic E-state index is 13.1. The van der Waals surface area contributed by atoms with Crippen LogP contribution in [-0.4, -0.2) is 14.0 Å². The van der Waals surface area contributed by atoms with E-state index in [1.54, 1.807) is 24.3 Å². The standard InChI is InChI=1S/C16H17F2NOSi/c1-21(2,3)20-19-16(12-4-8-14(17)9-5-12)13-6-10-15(18)11-7-13/h4-11H,1-3H3. The highest BCUT2D eigenvalue weighted by molar-refractivity contribution is 6.69. The molecule has 0 bridgehead atoms. The molecule has 0 amide bonds. The van der Waals surface area contributed by atoms with Crippen molar-refractivity contribution in [1.29, 1.82) is 0 Å². The summed E-state index contributed by atoms with van der Waals surface area (Å²) in [4.78, 5) is 0. The second kappa shape index (κ2) is 6.18. The lowest BCUT2D eigenvalue weighted by Crippen LogP contribution is -2.23. The first-order valence-corrected chi connectivity index (χ1v) is 10.0. The molecule has 21 heavy (non-hydrogen) atoms. The van der Waals surface area contributed by atoms with Gasteiger partial charge in [0.1, 0.15) is 17.3 Å². The maximum atomic E-state index is 13.1. The SMILES string of the molecule is C[Si](C)(C)ON=C(c1ccc(F)cc1)c1ccc(F)cc1. The van der Waals surface area contributed by atoms with E-state index < -0.39 is 8.32 Å². The van der Waals surface area contributed by atoms with Gasteiger partial charge in [-0.1, -0.05) is 0 Å². The molecule has 2 rings (SSSR count). The molecule has 0 aliphatic carbocycles. The van der Waals surface area contributed by atoms with Crippen molar-refractivity contribution in [1.82, 2.24) is 0 Å². The third kappa shape index (κ3) is 4.49. The molecule has 0 unspecified atom stereocenters. The van der Waals surface area contributed by atoms with Gasteiger partial charge in [-0.25, -0.2) is 8.78 Å². The molecular formula is C16H17F2NOSi. The van der Waals surface area contributed by atoms with Crippen LogP contribution in [0.25, 0.3) is 0 Å². The van der Waals surface area contributed by atoms with Crippen molar-refractivity contribution < 1.29 is 13.3 Å². The number of oxime groups is 1. The van der Waals surface area contributed by atoms with Gasteiger partial charge in [-0.2, -0.15) is 0 Å². The van der Waals surface area contributed by atoms with Gasteiger partial charge in [0.2, 0.25) is 0 Å². The molecule has 0 spiro atoms. The van der Waals surface area contributed by atoms with E-state index in [0.717, 1.165) is 11.1 Å². The fourth-order valence-electron chi connectivity index (χ4n) is 1.67. The molecule has 0 aliphatic heterocycles. The smallest absolute Gasteiger partial charge is 0.278 e. The van der Waals surface area contributed by atoms with Gasteiger partial charge < -0.3 is 4.53 Å². The Labute approximate surface area is 124 Å². The van der Waals surface area contributed by atoms with Crippen LogP contribution < -0.4 is 0 Å². The summed E-state index contributed by atoms with van der Waals surface area (Å²) in [6.45, 7) is 6.05. The van der Waals surface area contributed by atoms with Gasteiger partial charge in [0.25, 0.3) is 8.32 Å². The number of hydrogen-bond acceptors (Lipinski definition) is 2. The van der Waals surface area contributed by atoms with Gasteiger partial charge in [-0.05, 0) is 68.2 Å². The molecule has 110 valence electrons. The van der Waals surface area contributed by atoms with E-state index in [-0.39, 0.29) is 11.6 Å². The Bertz CT molecular complexity index is 583. The first-order valence-electron chi connectivity index (χ1n) is 6.63. The minimum atomic E-state index is -1.84. The third-order valence-corrected chi connectivity index (χ3v) is 3.29. The van der Waals surface area contributed by atoms with E-state index >= 15 is 0 Å². The zero-order chi connectivity index (χ0) is 15.5. The lowest BCUT2D eigenvalue weighted by Gasteiger charge is -2.15. The zero-order valence-electron chi connectivity index (χ0n) is 12.2. The molecule has 0 heterocycles. The van der Waals surface area contributed by atoms with Crippen LogP contribution in [0.2, 0.25) is 19.6 Å². The Morgan fingerprint density at radius 1 is 0.810 bits per heavy atom. The van der Waals surface area contributed by atoms with Crippen molar-refractivity contribution in [2.24, 2.45) is 5.16 Å². The fourth-order valence-corrected chi connectivity index (χ4v) is 2.04. The summed E-state index contributed by atoms with van der Waals surface area (Å²) in [6, 6.07) is 12.0. The molecular weight excluding hydrogens is 288 g/mol. The first kappa shape index (κ1) is 15.4. The van der Waals surface area contributed by atoms with Gasteiger partial charge in [0, 0.05) is 11.1 Å². The van der Waals surface area contributed by atoms with Crippen molar-refractivity contribution in [3.63, 3.8) is 0 Å². The van der Waals surface area contributed by atoms with Crippen molar-refractivity contribution in [2.75, 3.05) is 0 Å². The summed E-state index contributed by atoms with van der Waals surface area (Å²) in [5.74, 6) is -0.633. The van der Waals surface area contributed by atoms with Crippen LogP contribution in [-0.2, 0) is 4.53 Å². The normalized spacial score (nSPS) is 11.1. The predicted molar refractivity (Wildman–Crippen MR) is 82.9 cm³/mol. The molecule has 0 saturated heterocycles. The van der Waals surface area contributed by atoms with E-state index in [1.807, 2.05) is 19.6 Å². The third-order valence-electron chi connectivity index (χ3n) is 2.65. The van der Waals surface area contributed by atoms with Crippen LogP contribution in [0.15, 0.2) is 53.7 Å². The van der Waals surface area contributed by atoms with E-state index in [2.05, 4.69) is 5.16 Å². The van der Waals surface area contributed by atoms with E-state index in [1.165, 1.54) is 24.3 Å². The number of benzene rings is 2. The Kier molecular flexibility index (Phi) is 4.52. The van der Waals surface area contributed by atoms with Crippen molar-refractivity contribution in [3.8, 4) is 0 Å². The van der Waals surface area contributed by atoms with Crippen LogP contribution >= 0.6 is 0 Å². The number of rotatable bonds is 4. The minimum absolute atomic E-state index is 0.316. The Morgan fingerprint density at radius 3 is 1.52 bits per heavy atom. The van der Waals surface area contributed by atoms with Crippen LogP contribution in [0.1, 0.15) is 11.1 Å². The molecule has 0 N–H and O–H groups in total. The molecule has 0 radical (unpaired) electrons. The molecule has 0 aliphatic rings. The Hall–Kier alpha value is -2.01. The molecule has 0 saturated carbocycles. The number of hydrogen-bond donors (Lipinski definition) is 0. The highest BCUT2D eigenvalue weighted by Gasteiger charge is 2.17. The molecule has 2 nitrogen and oxygen atoms in total. The van der Waals surface area contributed by atoms with Gasteiger partial charge >= 0.3 is 0 Å². The Morgan fingerprint density at radius 2 is 1.19 bits per heavy atom. The van der Waals surface area contributed by atoms with Crippen LogP contribution in [0.5, 0.6) is 0 Å². The first-order chi connectivity index (χ1) is 9.85. The molecule has 0 fully saturated rings. The van der Waals surface area contributed by atoms with Crippen LogP contribution in [0.3, 0.4) is 0 Å². The van der Waals surface area contributed by atoms with Gasteiger partial charge in [-0.3, -0.25) is 0 Å².